The summed E-state index contributed by atoms with van der Waals surface area (Å²) >= 11 is 0. The zero-order valence-electron chi connectivity index (χ0n) is 12.5. The van der Waals surface area contributed by atoms with E-state index in [1.165, 1.54) is 43.5 Å². The number of rotatable bonds is 9. The van der Waals surface area contributed by atoms with E-state index in [0.717, 1.165) is 25.6 Å². The van der Waals surface area contributed by atoms with Crippen LogP contribution in [0.5, 0.6) is 0 Å². The molecule has 0 aromatic heterocycles. The topological polar surface area (TPSA) is 15.3 Å². The lowest BCUT2D eigenvalue weighted by Gasteiger charge is -2.22. The molecule has 0 aliphatic heterocycles. The molecule has 0 amide bonds. The van der Waals surface area contributed by atoms with Crippen LogP contribution in [0.3, 0.4) is 0 Å². The molecule has 1 aromatic carbocycles. The number of nitrogens with one attached hydrogen (secondary N) is 1. The first-order chi connectivity index (χ1) is 9.31. The van der Waals surface area contributed by atoms with Gasteiger partial charge in [-0.2, -0.15) is 0 Å². The standard InChI is InChI=1S/C17H28N2/c1-3-10-19(13-15-8-9-15)14-17-7-5-6-16(11-17)12-18-4-2/h5-7,11,15,18H,3-4,8-10,12-14H2,1-2H3. The van der Waals surface area contributed by atoms with Gasteiger partial charge >= 0.3 is 0 Å². The van der Waals surface area contributed by atoms with Crippen molar-refractivity contribution in [2.24, 2.45) is 5.92 Å². The van der Waals surface area contributed by atoms with Crippen molar-refractivity contribution < 1.29 is 0 Å². The third-order valence-electron chi connectivity index (χ3n) is 3.73. The van der Waals surface area contributed by atoms with Crippen LogP contribution >= 0.6 is 0 Å². The Hall–Kier alpha value is -0.860. The highest BCUT2D eigenvalue weighted by Crippen LogP contribution is 2.30. The van der Waals surface area contributed by atoms with Gasteiger partial charge in [-0.1, -0.05) is 38.1 Å². The Labute approximate surface area is 118 Å². The molecule has 19 heavy (non-hydrogen) atoms. The zero-order valence-corrected chi connectivity index (χ0v) is 12.5. The van der Waals surface area contributed by atoms with E-state index < -0.39 is 0 Å². The molecule has 0 bridgehead atoms. The van der Waals surface area contributed by atoms with Crippen molar-refractivity contribution in [2.45, 2.75) is 46.2 Å². The van der Waals surface area contributed by atoms with Crippen LogP contribution < -0.4 is 5.32 Å². The quantitative estimate of drug-likeness (QED) is 0.732. The van der Waals surface area contributed by atoms with Crippen LogP contribution in [0.2, 0.25) is 0 Å². The Kier molecular flexibility index (Phi) is 5.87. The molecule has 0 atom stereocenters. The number of hydrogen-bond donors (Lipinski definition) is 1. The van der Waals surface area contributed by atoms with Crippen LogP contribution in [0.25, 0.3) is 0 Å². The molecule has 0 heterocycles. The van der Waals surface area contributed by atoms with Gasteiger partial charge in [0.15, 0.2) is 0 Å². The Morgan fingerprint density at radius 2 is 2.00 bits per heavy atom. The number of hydrogen-bond acceptors (Lipinski definition) is 2. The Balaban J connectivity index is 1.90. The van der Waals surface area contributed by atoms with Gasteiger partial charge < -0.3 is 5.32 Å². The molecule has 0 spiro atoms. The SMILES string of the molecule is CCCN(Cc1cccc(CNCC)c1)CC1CC1. The molecule has 1 aromatic rings. The third kappa shape index (κ3) is 5.33. The molecule has 1 aliphatic rings. The highest BCUT2D eigenvalue weighted by atomic mass is 15.1. The molecule has 0 unspecified atom stereocenters. The highest BCUT2D eigenvalue weighted by molar-refractivity contribution is 5.23. The minimum absolute atomic E-state index is 0.983. The molecular formula is C17H28N2. The lowest BCUT2D eigenvalue weighted by Crippen LogP contribution is -2.26. The zero-order chi connectivity index (χ0) is 13.5. The molecule has 0 radical (unpaired) electrons. The van der Waals surface area contributed by atoms with E-state index in [1.54, 1.807) is 0 Å². The van der Waals surface area contributed by atoms with Crippen molar-refractivity contribution in [1.29, 1.82) is 0 Å². The molecular weight excluding hydrogens is 232 g/mol. The predicted octanol–water partition coefficient (Wildman–Crippen LogP) is 3.42. The molecule has 0 saturated heterocycles. The third-order valence-corrected chi connectivity index (χ3v) is 3.73. The van der Waals surface area contributed by atoms with Crippen LogP contribution in [-0.2, 0) is 13.1 Å². The highest BCUT2D eigenvalue weighted by Gasteiger charge is 2.23. The maximum atomic E-state index is 3.40. The summed E-state index contributed by atoms with van der Waals surface area (Å²) in [4.78, 5) is 2.63. The summed E-state index contributed by atoms with van der Waals surface area (Å²) in [5, 5.41) is 3.40. The summed E-state index contributed by atoms with van der Waals surface area (Å²) in [6, 6.07) is 9.05. The Morgan fingerprint density at radius 3 is 2.68 bits per heavy atom. The molecule has 1 fully saturated rings. The van der Waals surface area contributed by atoms with E-state index >= 15 is 0 Å². The van der Waals surface area contributed by atoms with Crippen molar-refractivity contribution in [1.82, 2.24) is 10.2 Å². The van der Waals surface area contributed by atoms with E-state index in [2.05, 4.69) is 48.3 Å². The molecule has 2 rings (SSSR count). The van der Waals surface area contributed by atoms with E-state index in [-0.39, 0.29) is 0 Å². The smallest absolute Gasteiger partial charge is 0.0233 e. The molecule has 106 valence electrons. The van der Waals surface area contributed by atoms with Gasteiger partial charge in [0.25, 0.3) is 0 Å². The summed E-state index contributed by atoms with van der Waals surface area (Å²) < 4.78 is 0. The summed E-state index contributed by atoms with van der Waals surface area (Å²) in [6.07, 6.45) is 4.14. The Morgan fingerprint density at radius 1 is 1.21 bits per heavy atom. The van der Waals surface area contributed by atoms with Crippen molar-refractivity contribution in [3.63, 3.8) is 0 Å². The van der Waals surface area contributed by atoms with Gasteiger partial charge in [-0.25, -0.2) is 0 Å². The maximum Gasteiger partial charge on any atom is 0.0233 e. The lowest BCUT2D eigenvalue weighted by molar-refractivity contribution is 0.255. The summed E-state index contributed by atoms with van der Waals surface area (Å²) in [5.74, 6) is 0.983. The summed E-state index contributed by atoms with van der Waals surface area (Å²) in [7, 11) is 0. The van der Waals surface area contributed by atoms with Gasteiger partial charge in [-0.15, -0.1) is 0 Å². The molecule has 1 N–H and O–H groups in total. The van der Waals surface area contributed by atoms with Crippen LogP contribution in [0.1, 0.15) is 44.2 Å². The van der Waals surface area contributed by atoms with E-state index in [4.69, 9.17) is 0 Å². The van der Waals surface area contributed by atoms with Crippen LogP contribution in [0, 0.1) is 5.92 Å². The molecule has 2 heteroatoms. The predicted molar refractivity (Wildman–Crippen MR) is 82.1 cm³/mol. The Bertz CT molecular complexity index is 371. The fraction of sp³-hybridized carbons (Fsp3) is 0.647. The summed E-state index contributed by atoms with van der Waals surface area (Å²) in [6.45, 7) is 10.1. The summed E-state index contributed by atoms with van der Waals surface area (Å²) in [5.41, 5.74) is 2.87. The van der Waals surface area contributed by atoms with Gasteiger partial charge in [0.05, 0.1) is 0 Å². The van der Waals surface area contributed by atoms with E-state index in [1.807, 2.05) is 0 Å². The van der Waals surface area contributed by atoms with Gasteiger partial charge in [0.1, 0.15) is 0 Å². The molecule has 2 nitrogen and oxygen atoms in total. The first-order valence-corrected chi connectivity index (χ1v) is 7.82. The minimum Gasteiger partial charge on any atom is -0.313 e. The van der Waals surface area contributed by atoms with Crippen LogP contribution in [0.4, 0.5) is 0 Å². The van der Waals surface area contributed by atoms with Crippen molar-refractivity contribution in [3.05, 3.63) is 35.4 Å². The van der Waals surface area contributed by atoms with Crippen LogP contribution in [0.15, 0.2) is 24.3 Å². The second-order valence-corrected chi connectivity index (χ2v) is 5.78. The first kappa shape index (κ1) is 14.5. The van der Waals surface area contributed by atoms with Gasteiger partial charge in [0.2, 0.25) is 0 Å². The molecule has 1 saturated carbocycles. The maximum absolute atomic E-state index is 3.40. The van der Waals surface area contributed by atoms with Crippen molar-refractivity contribution in [2.75, 3.05) is 19.6 Å². The fourth-order valence-corrected chi connectivity index (χ4v) is 2.58. The van der Waals surface area contributed by atoms with Gasteiger partial charge in [-0.05, 0) is 49.4 Å². The first-order valence-electron chi connectivity index (χ1n) is 7.82. The normalized spacial score (nSPS) is 15.1. The number of nitrogens with zero attached hydrogens (tertiary/aromatic N) is 1. The lowest BCUT2D eigenvalue weighted by atomic mass is 10.1. The van der Waals surface area contributed by atoms with Crippen molar-refractivity contribution in [3.8, 4) is 0 Å². The van der Waals surface area contributed by atoms with Gasteiger partial charge in [-0.3, -0.25) is 4.90 Å². The van der Waals surface area contributed by atoms with Crippen molar-refractivity contribution >= 4 is 0 Å². The average Bonchev–Trinajstić information content (AvgIpc) is 3.21. The average molecular weight is 260 g/mol. The second-order valence-electron chi connectivity index (χ2n) is 5.78. The monoisotopic (exact) mass is 260 g/mol. The second kappa shape index (κ2) is 7.66. The molecule has 1 aliphatic carbocycles. The largest absolute Gasteiger partial charge is 0.313 e. The number of benzene rings is 1. The fourth-order valence-electron chi connectivity index (χ4n) is 2.58. The van der Waals surface area contributed by atoms with E-state index in [0.29, 0.717) is 0 Å². The van der Waals surface area contributed by atoms with Gasteiger partial charge in [0, 0.05) is 19.6 Å². The van der Waals surface area contributed by atoms with E-state index in [9.17, 15) is 0 Å². The minimum atomic E-state index is 0.983. The van der Waals surface area contributed by atoms with Crippen LogP contribution in [-0.4, -0.2) is 24.5 Å².